The molecule has 1 fully saturated rings. The quantitative estimate of drug-likeness (QED) is 0.632. The molecule has 5 heteroatoms. The molecule has 0 saturated heterocycles. The molecule has 1 amide bonds. The number of nitrogens with one attached hydrogen (secondary N) is 1. The van der Waals surface area contributed by atoms with E-state index in [-0.39, 0.29) is 5.91 Å². The van der Waals surface area contributed by atoms with Crippen molar-refractivity contribution in [1.29, 1.82) is 0 Å². The molecule has 0 bridgehead atoms. The summed E-state index contributed by atoms with van der Waals surface area (Å²) in [5.41, 5.74) is 7.71. The van der Waals surface area contributed by atoms with E-state index in [2.05, 4.69) is 10.4 Å². The Morgan fingerprint density at radius 3 is 3.00 bits per heavy atom. The van der Waals surface area contributed by atoms with Crippen molar-refractivity contribution in [1.82, 2.24) is 15.1 Å². The second kappa shape index (κ2) is 5.99. The Bertz CT molecular complexity index is 631. The van der Waals surface area contributed by atoms with Crippen LogP contribution in [0.15, 0.2) is 36.5 Å². The Kier molecular flexibility index (Phi) is 3.90. The van der Waals surface area contributed by atoms with Gasteiger partial charge in [-0.25, -0.2) is 4.68 Å². The van der Waals surface area contributed by atoms with Gasteiger partial charge in [0.1, 0.15) is 0 Å². The van der Waals surface area contributed by atoms with E-state index in [1.165, 1.54) is 19.3 Å². The van der Waals surface area contributed by atoms with Gasteiger partial charge in [-0.1, -0.05) is 18.9 Å². The first kappa shape index (κ1) is 13.7. The smallest absolute Gasteiger partial charge is 0.271 e. The van der Waals surface area contributed by atoms with Crippen LogP contribution in [0.2, 0.25) is 0 Å². The fraction of sp³-hybridized carbons (Fsp3) is 0.375. The van der Waals surface area contributed by atoms with E-state index in [0.717, 1.165) is 24.6 Å². The number of hydrogen-bond acceptors (Lipinski definition) is 3. The van der Waals surface area contributed by atoms with Crippen LogP contribution >= 0.6 is 0 Å². The van der Waals surface area contributed by atoms with Gasteiger partial charge >= 0.3 is 0 Å². The number of aromatic nitrogens is 2. The number of nitrogens with two attached hydrogens (primary N) is 1. The summed E-state index contributed by atoms with van der Waals surface area (Å²) < 4.78 is 1.66. The molecule has 0 atom stereocenters. The summed E-state index contributed by atoms with van der Waals surface area (Å²) in [5.74, 6) is 0.790. The number of amides is 1. The van der Waals surface area contributed by atoms with Crippen molar-refractivity contribution in [2.24, 2.45) is 5.92 Å². The van der Waals surface area contributed by atoms with Crippen LogP contribution in [-0.4, -0.2) is 22.2 Å². The Balaban J connectivity index is 1.57. The second-order valence-electron chi connectivity index (χ2n) is 5.58. The van der Waals surface area contributed by atoms with Crippen molar-refractivity contribution >= 4 is 11.6 Å². The second-order valence-corrected chi connectivity index (χ2v) is 5.58. The van der Waals surface area contributed by atoms with Gasteiger partial charge in [0.2, 0.25) is 0 Å². The van der Waals surface area contributed by atoms with E-state index >= 15 is 0 Å². The zero-order valence-electron chi connectivity index (χ0n) is 12.0. The molecule has 0 unspecified atom stereocenters. The third kappa shape index (κ3) is 3.62. The van der Waals surface area contributed by atoms with Crippen LogP contribution in [0.5, 0.6) is 0 Å². The molecule has 1 aliphatic rings. The maximum absolute atomic E-state index is 12.0. The molecule has 1 saturated carbocycles. The van der Waals surface area contributed by atoms with Crippen LogP contribution in [-0.2, 0) is 0 Å². The van der Waals surface area contributed by atoms with E-state index < -0.39 is 0 Å². The summed E-state index contributed by atoms with van der Waals surface area (Å²) in [5, 5.41) is 7.22. The minimum Gasteiger partial charge on any atom is -0.399 e. The first-order valence-corrected chi connectivity index (χ1v) is 7.42. The predicted octanol–water partition coefficient (Wildman–Crippen LogP) is 2.37. The number of carbonyl (C=O) groups is 1. The molecule has 1 aromatic heterocycles. The summed E-state index contributed by atoms with van der Waals surface area (Å²) in [4.78, 5) is 12.0. The highest BCUT2D eigenvalue weighted by atomic mass is 16.1. The molecular formula is C16H20N4O. The van der Waals surface area contributed by atoms with Gasteiger partial charge in [-0.3, -0.25) is 4.79 Å². The Labute approximate surface area is 124 Å². The third-order valence-electron chi connectivity index (χ3n) is 3.73. The maximum atomic E-state index is 12.0. The minimum absolute atomic E-state index is 0.117. The zero-order chi connectivity index (χ0) is 14.7. The summed E-state index contributed by atoms with van der Waals surface area (Å²) in [7, 11) is 0. The summed E-state index contributed by atoms with van der Waals surface area (Å²) in [6.07, 6.45) is 6.76. The fourth-order valence-corrected chi connectivity index (χ4v) is 2.35. The monoisotopic (exact) mass is 284 g/mol. The number of rotatable bonds is 6. The van der Waals surface area contributed by atoms with Crippen LogP contribution in [0.3, 0.4) is 0 Å². The molecule has 2 aromatic rings. The molecule has 0 radical (unpaired) electrons. The highest BCUT2D eigenvalue weighted by molar-refractivity contribution is 5.92. The lowest BCUT2D eigenvalue weighted by atomic mass is 10.2. The first-order chi connectivity index (χ1) is 10.2. The van der Waals surface area contributed by atoms with Crippen molar-refractivity contribution in [3.63, 3.8) is 0 Å². The summed E-state index contributed by atoms with van der Waals surface area (Å²) in [6.45, 7) is 0.723. The molecule has 3 N–H and O–H groups in total. The van der Waals surface area contributed by atoms with Gasteiger partial charge in [0, 0.05) is 18.4 Å². The van der Waals surface area contributed by atoms with Crippen molar-refractivity contribution < 1.29 is 4.79 Å². The van der Waals surface area contributed by atoms with Crippen LogP contribution in [0.25, 0.3) is 5.69 Å². The summed E-state index contributed by atoms with van der Waals surface area (Å²) in [6, 6.07) is 9.13. The lowest BCUT2D eigenvalue weighted by Gasteiger charge is -2.03. The predicted molar refractivity (Wildman–Crippen MR) is 82.3 cm³/mol. The van der Waals surface area contributed by atoms with Crippen LogP contribution < -0.4 is 11.1 Å². The van der Waals surface area contributed by atoms with Crippen molar-refractivity contribution in [3.05, 3.63) is 42.2 Å². The van der Waals surface area contributed by atoms with Gasteiger partial charge in [-0.2, -0.15) is 5.10 Å². The minimum atomic E-state index is -0.117. The molecule has 3 rings (SSSR count). The highest BCUT2D eigenvalue weighted by Gasteiger charge is 2.20. The molecule has 0 spiro atoms. The summed E-state index contributed by atoms with van der Waals surface area (Å²) >= 11 is 0. The lowest BCUT2D eigenvalue weighted by Crippen LogP contribution is -2.25. The topological polar surface area (TPSA) is 72.9 Å². The number of hydrogen-bond donors (Lipinski definition) is 2. The van der Waals surface area contributed by atoms with Gasteiger partial charge in [-0.15, -0.1) is 0 Å². The molecule has 110 valence electrons. The molecule has 1 heterocycles. The van der Waals surface area contributed by atoms with Gasteiger partial charge in [-0.05, 0) is 43.0 Å². The maximum Gasteiger partial charge on any atom is 0.271 e. The Hall–Kier alpha value is -2.30. The van der Waals surface area contributed by atoms with Gasteiger partial charge < -0.3 is 11.1 Å². The van der Waals surface area contributed by atoms with Gasteiger partial charge in [0.25, 0.3) is 5.91 Å². The molecule has 5 nitrogen and oxygen atoms in total. The van der Waals surface area contributed by atoms with E-state index in [4.69, 9.17) is 5.73 Å². The van der Waals surface area contributed by atoms with E-state index in [9.17, 15) is 4.79 Å². The first-order valence-electron chi connectivity index (χ1n) is 7.42. The number of nitrogen functional groups attached to an aromatic ring is 1. The fourth-order valence-electron chi connectivity index (χ4n) is 2.35. The van der Waals surface area contributed by atoms with Crippen molar-refractivity contribution in [2.75, 3.05) is 12.3 Å². The average molecular weight is 284 g/mol. The standard InChI is InChI=1S/C16H20N4O/c17-13-4-1-5-14(11-13)20-10-8-15(19-20)16(21)18-9-2-3-12-6-7-12/h1,4-5,8,10-12H,2-3,6-7,9,17H2,(H,18,21). The number of benzene rings is 1. The van der Waals surface area contributed by atoms with Gasteiger partial charge in [0.05, 0.1) is 5.69 Å². The van der Waals surface area contributed by atoms with Crippen molar-refractivity contribution in [3.8, 4) is 5.69 Å². The SMILES string of the molecule is Nc1cccc(-n2ccc(C(=O)NCCCC3CC3)n2)c1. The largest absolute Gasteiger partial charge is 0.399 e. The molecule has 21 heavy (non-hydrogen) atoms. The van der Waals surface area contributed by atoms with Crippen LogP contribution in [0.4, 0.5) is 5.69 Å². The molecule has 1 aliphatic carbocycles. The highest BCUT2D eigenvalue weighted by Crippen LogP contribution is 2.33. The number of carbonyl (C=O) groups excluding carboxylic acids is 1. The van der Waals surface area contributed by atoms with Crippen LogP contribution in [0, 0.1) is 5.92 Å². The van der Waals surface area contributed by atoms with Crippen molar-refractivity contribution in [2.45, 2.75) is 25.7 Å². The van der Waals surface area contributed by atoms with E-state index in [1.54, 1.807) is 16.9 Å². The number of nitrogens with zero attached hydrogens (tertiary/aromatic N) is 2. The average Bonchev–Trinajstić information content (AvgIpc) is 3.17. The zero-order valence-corrected chi connectivity index (χ0v) is 12.0. The lowest BCUT2D eigenvalue weighted by molar-refractivity contribution is 0.0947. The van der Waals surface area contributed by atoms with E-state index in [0.29, 0.717) is 11.4 Å². The van der Waals surface area contributed by atoms with Crippen LogP contribution in [0.1, 0.15) is 36.2 Å². The molecule has 1 aromatic carbocycles. The van der Waals surface area contributed by atoms with E-state index in [1.807, 2.05) is 24.3 Å². The van der Waals surface area contributed by atoms with Gasteiger partial charge in [0.15, 0.2) is 5.69 Å². The molecule has 0 aliphatic heterocycles. The molecular weight excluding hydrogens is 264 g/mol. The third-order valence-corrected chi connectivity index (χ3v) is 3.73. The Morgan fingerprint density at radius 2 is 2.24 bits per heavy atom. The Morgan fingerprint density at radius 1 is 1.38 bits per heavy atom. The number of anilines is 1. The normalized spacial score (nSPS) is 14.1.